The Morgan fingerprint density at radius 2 is 1.92 bits per heavy atom. The van der Waals surface area contributed by atoms with Gasteiger partial charge in [-0.05, 0) is 47.7 Å². The lowest BCUT2D eigenvalue weighted by Crippen LogP contribution is -2.11. The summed E-state index contributed by atoms with van der Waals surface area (Å²) in [6.07, 6.45) is 0.281. The molecule has 3 aromatic rings. The molecule has 0 amide bonds. The van der Waals surface area contributed by atoms with Crippen LogP contribution in [0.1, 0.15) is 23.6 Å². The van der Waals surface area contributed by atoms with E-state index in [1.54, 1.807) is 6.07 Å². The van der Waals surface area contributed by atoms with Gasteiger partial charge in [-0.15, -0.1) is 0 Å². The molecular weight excluding hydrogens is 317 g/mol. The van der Waals surface area contributed by atoms with Crippen LogP contribution in [0.5, 0.6) is 0 Å². The van der Waals surface area contributed by atoms with E-state index < -0.39 is 11.7 Å². The Morgan fingerprint density at radius 3 is 2.67 bits per heavy atom. The van der Waals surface area contributed by atoms with Crippen molar-refractivity contribution in [3.8, 4) is 0 Å². The van der Waals surface area contributed by atoms with Gasteiger partial charge in [-0.2, -0.15) is 13.2 Å². The summed E-state index contributed by atoms with van der Waals surface area (Å²) in [4.78, 5) is 12.9. The maximum atomic E-state index is 12.9. The van der Waals surface area contributed by atoms with Gasteiger partial charge in [-0.1, -0.05) is 25.1 Å². The van der Waals surface area contributed by atoms with Crippen molar-refractivity contribution in [2.45, 2.75) is 19.5 Å². The first-order valence-electron chi connectivity index (χ1n) is 7.62. The summed E-state index contributed by atoms with van der Waals surface area (Å²) in [6, 6.07) is 6.49. The molecule has 2 nitrogen and oxygen atoms in total. The molecule has 0 spiro atoms. The van der Waals surface area contributed by atoms with Crippen LogP contribution in [0.4, 0.5) is 13.2 Å². The van der Waals surface area contributed by atoms with E-state index in [2.05, 4.69) is 13.0 Å². The topological polar surface area (TPSA) is 30.2 Å². The highest BCUT2D eigenvalue weighted by Crippen LogP contribution is 2.33. The SMILES string of the molecule is CC1C=Cc2ccc3oc4cc(C(F)(F)F)ccc4c(=O)c3c2C1. The number of hydrogen-bond donors (Lipinski definition) is 0. The Labute approximate surface area is 135 Å². The van der Waals surface area contributed by atoms with Crippen LogP contribution >= 0.6 is 0 Å². The van der Waals surface area contributed by atoms with Gasteiger partial charge in [0.05, 0.1) is 16.3 Å². The Kier molecular flexibility index (Phi) is 3.10. The van der Waals surface area contributed by atoms with E-state index in [0.29, 0.717) is 23.3 Å². The van der Waals surface area contributed by atoms with Crippen LogP contribution in [-0.2, 0) is 12.6 Å². The molecule has 1 aliphatic rings. The molecule has 2 aromatic carbocycles. The zero-order chi connectivity index (χ0) is 17.1. The van der Waals surface area contributed by atoms with Crippen molar-refractivity contribution in [3.63, 3.8) is 0 Å². The fourth-order valence-corrected chi connectivity index (χ4v) is 3.23. The zero-order valence-electron chi connectivity index (χ0n) is 12.8. The third-order valence-electron chi connectivity index (χ3n) is 4.44. The Morgan fingerprint density at radius 1 is 1.12 bits per heavy atom. The van der Waals surface area contributed by atoms with Crippen LogP contribution in [-0.4, -0.2) is 0 Å². The van der Waals surface area contributed by atoms with Gasteiger partial charge in [0, 0.05) is 0 Å². The Bertz CT molecular complexity index is 1060. The van der Waals surface area contributed by atoms with Gasteiger partial charge in [-0.3, -0.25) is 4.79 Å². The maximum absolute atomic E-state index is 12.9. The number of fused-ring (bicyclic) bond motifs is 4. The minimum absolute atomic E-state index is 0.0401. The van der Waals surface area contributed by atoms with E-state index in [9.17, 15) is 18.0 Å². The predicted molar refractivity (Wildman–Crippen MR) is 86.9 cm³/mol. The second-order valence-corrected chi connectivity index (χ2v) is 6.19. The van der Waals surface area contributed by atoms with E-state index in [4.69, 9.17) is 4.42 Å². The van der Waals surface area contributed by atoms with Crippen LogP contribution in [0.25, 0.3) is 28.0 Å². The van der Waals surface area contributed by atoms with Gasteiger partial charge in [0.1, 0.15) is 11.2 Å². The molecule has 0 saturated heterocycles. The molecule has 24 heavy (non-hydrogen) atoms. The van der Waals surface area contributed by atoms with E-state index >= 15 is 0 Å². The molecule has 0 aliphatic heterocycles. The Balaban J connectivity index is 2.07. The third-order valence-corrected chi connectivity index (χ3v) is 4.44. The molecule has 0 saturated carbocycles. The molecule has 122 valence electrons. The maximum Gasteiger partial charge on any atom is 0.416 e. The van der Waals surface area contributed by atoms with Crippen molar-refractivity contribution in [1.29, 1.82) is 0 Å². The Hall–Kier alpha value is -2.56. The van der Waals surface area contributed by atoms with E-state index in [-0.39, 0.29) is 16.4 Å². The normalized spacial score (nSPS) is 17.4. The molecule has 1 unspecified atom stereocenters. The van der Waals surface area contributed by atoms with Gasteiger partial charge in [-0.25, -0.2) is 0 Å². The molecule has 0 fully saturated rings. The first-order valence-corrected chi connectivity index (χ1v) is 7.62. The van der Waals surface area contributed by atoms with Gasteiger partial charge in [0.15, 0.2) is 0 Å². The van der Waals surface area contributed by atoms with Gasteiger partial charge >= 0.3 is 6.18 Å². The second kappa shape index (κ2) is 4.97. The zero-order valence-corrected chi connectivity index (χ0v) is 12.8. The summed E-state index contributed by atoms with van der Waals surface area (Å²) >= 11 is 0. The first-order chi connectivity index (χ1) is 11.3. The average molecular weight is 330 g/mol. The summed E-state index contributed by atoms with van der Waals surface area (Å²) in [5, 5.41) is 0.641. The highest BCUT2D eigenvalue weighted by Gasteiger charge is 2.31. The lowest BCUT2D eigenvalue weighted by Gasteiger charge is -2.17. The number of hydrogen-bond acceptors (Lipinski definition) is 2. The van der Waals surface area contributed by atoms with Gasteiger partial charge in [0.2, 0.25) is 5.43 Å². The summed E-state index contributed by atoms with van der Waals surface area (Å²) < 4.78 is 44.3. The quantitative estimate of drug-likeness (QED) is 0.532. The first kappa shape index (κ1) is 15.0. The molecule has 1 aliphatic carbocycles. The van der Waals surface area contributed by atoms with Crippen LogP contribution < -0.4 is 5.43 Å². The van der Waals surface area contributed by atoms with Crippen molar-refractivity contribution in [1.82, 2.24) is 0 Å². The van der Waals surface area contributed by atoms with Crippen molar-refractivity contribution in [2.24, 2.45) is 5.92 Å². The number of benzene rings is 2. The van der Waals surface area contributed by atoms with Crippen molar-refractivity contribution in [2.75, 3.05) is 0 Å². The fourth-order valence-electron chi connectivity index (χ4n) is 3.23. The lowest BCUT2D eigenvalue weighted by atomic mass is 9.88. The largest absolute Gasteiger partial charge is 0.456 e. The fraction of sp³-hybridized carbons (Fsp3) is 0.211. The molecule has 1 aromatic heterocycles. The summed E-state index contributed by atoms with van der Waals surface area (Å²) in [5.41, 5.74) is 1.04. The second-order valence-electron chi connectivity index (χ2n) is 6.19. The van der Waals surface area contributed by atoms with Crippen molar-refractivity contribution < 1.29 is 17.6 Å². The van der Waals surface area contributed by atoms with Crippen molar-refractivity contribution >= 4 is 28.0 Å². The van der Waals surface area contributed by atoms with E-state index in [1.165, 1.54) is 6.07 Å². The smallest absolute Gasteiger partial charge is 0.416 e. The van der Waals surface area contributed by atoms with Crippen LogP contribution in [0, 0.1) is 5.92 Å². The lowest BCUT2D eigenvalue weighted by molar-refractivity contribution is -0.137. The predicted octanol–water partition coefficient (Wildman–Crippen LogP) is 5.17. The minimum Gasteiger partial charge on any atom is -0.456 e. The third kappa shape index (κ3) is 2.23. The average Bonchev–Trinajstić information content (AvgIpc) is 2.53. The number of alkyl halides is 3. The monoisotopic (exact) mass is 330 g/mol. The molecule has 5 heteroatoms. The number of rotatable bonds is 0. The van der Waals surface area contributed by atoms with Gasteiger partial charge in [0.25, 0.3) is 0 Å². The highest BCUT2D eigenvalue weighted by atomic mass is 19.4. The van der Waals surface area contributed by atoms with E-state index in [1.807, 2.05) is 12.1 Å². The molecule has 0 N–H and O–H groups in total. The van der Waals surface area contributed by atoms with Crippen LogP contribution in [0.2, 0.25) is 0 Å². The molecule has 0 radical (unpaired) electrons. The molecule has 1 heterocycles. The van der Waals surface area contributed by atoms with Gasteiger partial charge < -0.3 is 4.42 Å². The molecule has 0 bridgehead atoms. The van der Waals surface area contributed by atoms with Crippen LogP contribution in [0.15, 0.2) is 45.6 Å². The summed E-state index contributed by atoms with van der Waals surface area (Å²) in [5.74, 6) is 0.297. The molecule has 4 rings (SSSR count). The number of halogens is 3. The van der Waals surface area contributed by atoms with E-state index in [0.717, 1.165) is 23.3 Å². The molecule has 1 atom stereocenters. The number of allylic oxidation sites excluding steroid dienone is 1. The summed E-state index contributed by atoms with van der Waals surface area (Å²) in [7, 11) is 0. The highest BCUT2D eigenvalue weighted by molar-refractivity contribution is 5.93. The summed E-state index contributed by atoms with van der Waals surface area (Å²) in [6.45, 7) is 2.05. The van der Waals surface area contributed by atoms with Crippen LogP contribution in [0.3, 0.4) is 0 Å². The molecular formula is C19H13F3O2. The standard InChI is InChI=1S/C19H13F3O2/c1-10-2-3-11-4-7-15-17(14(11)8-10)18(23)13-6-5-12(19(20,21)22)9-16(13)24-15/h2-7,9-10H,8H2,1H3. The minimum atomic E-state index is -4.47. The van der Waals surface area contributed by atoms with Crippen molar-refractivity contribution in [3.05, 3.63) is 63.3 Å².